The van der Waals surface area contributed by atoms with E-state index in [0.29, 0.717) is 19.4 Å². The number of carbonyl (C=O) groups is 4. The van der Waals surface area contributed by atoms with E-state index in [1.54, 1.807) is 0 Å². The second-order valence-corrected chi connectivity index (χ2v) is 23.8. The zero-order valence-electron chi connectivity index (χ0n) is 53.1. The lowest BCUT2D eigenvalue weighted by Gasteiger charge is -2.45. The van der Waals surface area contributed by atoms with E-state index in [-0.39, 0.29) is 51.1 Å². The lowest BCUT2D eigenvalue weighted by atomic mass is 9.92. The maximum absolute atomic E-state index is 15.0. The van der Waals surface area contributed by atoms with Gasteiger partial charge >= 0.3 is 5.97 Å². The fourth-order valence-electron chi connectivity index (χ4n) is 11.3. The molecule has 13 heteroatoms. The van der Waals surface area contributed by atoms with Crippen LogP contribution in [0.25, 0.3) is 0 Å². The molecule has 3 amide bonds. The van der Waals surface area contributed by atoms with Crippen LogP contribution in [-0.2, 0) is 74.0 Å². The number of benzene rings is 4. The number of likely N-dealkylation sites (N-methyl/N-ethyl adjacent to an activating group) is 1. The van der Waals surface area contributed by atoms with E-state index in [1.807, 2.05) is 128 Å². The number of nitrogens with one attached hydrogen (secondary N) is 3. The molecule has 3 N–H and O–H groups in total. The van der Waals surface area contributed by atoms with Crippen LogP contribution in [0.5, 0.6) is 0 Å². The summed E-state index contributed by atoms with van der Waals surface area (Å²) in [6.07, 6.45) is 26.7. The molecule has 0 aliphatic carbocycles. The van der Waals surface area contributed by atoms with Crippen molar-refractivity contribution >= 4 is 23.7 Å². The summed E-state index contributed by atoms with van der Waals surface area (Å²) in [5.74, 6) is -2.20. The van der Waals surface area contributed by atoms with Crippen LogP contribution >= 0.6 is 0 Å². The molecule has 4 aromatic carbocycles. The largest absolute Gasteiger partial charge is 0.461 e. The maximum Gasteiger partial charge on any atom is 0.306 e. The Morgan fingerprint density at radius 3 is 1.21 bits per heavy atom. The summed E-state index contributed by atoms with van der Waals surface area (Å²) >= 11 is 0. The van der Waals surface area contributed by atoms with Gasteiger partial charge in [-0.25, -0.2) is 0 Å². The summed E-state index contributed by atoms with van der Waals surface area (Å²) in [4.78, 5) is 56.6. The molecule has 1 aliphatic heterocycles. The van der Waals surface area contributed by atoms with Gasteiger partial charge in [-0.2, -0.15) is 0 Å². The highest BCUT2D eigenvalue weighted by molar-refractivity contribution is 5.92. The first-order valence-electron chi connectivity index (χ1n) is 33.4. The van der Waals surface area contributed by atoms with Crippen molar-refractivity contribution in [2.75, 3.05) is 13.7 Å². The molecule has 1 saturated heterocycles. The Balaban J connectivity index is 1.37. The smallest absolute Gasteiger partial charge is 0.306 e. The lowest BCUT2D eigenvalue weighted by Crippen LogP contribution is -2.61. The molecule has 1 heterocycles. The van der Waals surface area contributed by atoms with E-state index in [2.05, 4.69) is 29.8 Å². The van der Waals surface area contributed by atoms with Crippen LogP contribution in [0.4, 0.5) is 0 Å². The quantitative estimate of drug-likeness (QED) is 0.0287. The highest BCUT2D eigenvalue weighted by atomic mass is 16.7. The van der Waals surface area contributed by atoms with Gasteiger partial charge in [0.05, 0.1) is 32.5 Å². The summed E-state index contributed by atoms with van der Waals surface area (Å²) in [6, 6.07) is 36.7. The van der Waals surface area contributed by atoms with Gasteiger partial charge in [0, 0.05) is 19.4 Å². The Morgan fingerprint density at radius 1 is 0.419 bits per heavy atom. The van der Waals surface area contributed by atoms with Crippen LogP contribution in [0, 0.1) is 5.92 Å². The number of hydrogen-bond donors (Lipinski definition) is 3. The van der Waals surface area contributed by atoms with Crippen LogP contribution in [0.15, 0.2) is 121 Å². The van der Waals surface area contributed by atoms with Crippen molar-refractivity contribution in [1.29, 1.82) is 0 Å². The molecule has 1 aliphatic rings. The van der Waals surface area contributed by atoms with Crippen molar-refractivity contribution in [2.45, 2.75) is 270 Å². The Labute approximate surface area is 517 Å². The number of amides is 3. The Morgan fingerprint density at radius 2 is 0.791 bits per heavy atom. The number of esters is 1. The van der Waals surface area contributed by atoms with Crippen molar-refractivity contribution in [1.82, 2.24) is 16.0 Å². The molecular weight excluding hydrogens is 1080 g/mol. The molecule has 0 saturated carbocycles. The number of unbranched alkanes of at least 4 members (excludes halogenated alkanes) is 22. The summed E-state index contributed by atoms with van der Waals surface area (Å²) in [7, 11) is 1.48. The maximum atomic E-state index is 15.0. The van der Waals surface area contributed by atoms with Gasteiger partial charge in [0.2, 0.25) is 17.7 Å². The van der Waals surface area contributed by atoms with Crippen LogP contribution < -0.4 is 16.0 Å². The monoisotopic (exact) mass is 1190 g/mol. The predicted molar refractivity (Wildman–Crippen MR) is 344 cm³/mol. The third kappa shape index (κ3) is 29.5. The van der Waals surface area contributed by atoms with E-state index >= 15 is 0 Å². The molecule has 476 valence electrons. The highest BCUT2D eigenvalue weighted by Crippen LogP contribution is 2.32. The molecule has 0 radical (unpaired) electrons. The fraction of sp³-hybridized carbons (Fsp3) is 0.616. The van der Waals surface area contributed by atoms with Gasteiger partial charge in [0.15, 0.2) is 6.29 Å². The van der Waals surface area contributed by atoms with Crippen molar-refractivity contribution in [3.05, 3.63) is 144 Å². The second-order valence-electron chi connectivity index (χ2n) is 23.8. The molecule has 5 rings (SSSR count). The third-order valence-electron chi connectivity index (χ3n) is 16.6. The lowest BCUT2D eigenvalue weighted by molar-refractivity contribution is -0.320. The molecule has 13 nitrogen and oxygen atoms in total. The average molecular weight is 1190 g/mol. The van der Waals surface area contributed by atoms with Crippen LogP contribution in [0.3, 0.4) is 0 Å². The highest BCUT2D eigenvalue weighted by Gasteiger charge is 2.48. The van der Waals surface area contributed by atoms with Crippen LogP contribution in [0.1, 0.15) is 223 Å². The minimum Gasteiger partial charge on any atom is -0.461 e. The predicted octanol–water partition coefficient (Wildman–Crippen LogP) is 15.5. The van der Waals surface area contributed by atoms with Gasteiger partial charge in [0.25, 0.3) is 0 Å². The fourth-order valence-corrected chi connectivity index (χ4v) is 11.3. The molecule has 0 bridgehead atoms. The van der Waals surface area contributed by atoms with Crippen LogP contribution in [0.2, 0.25) is 0 Å². The molecule has 1 fully saturated rings. The Bertz CT molecular complexity index is 2340. The van der Waals surface area contributed by atoms with Gasteiger partial charge in [-0.15, -0.1) is 0 Å². The van der Waals surface area contributed by atoms with Crippen molar-refractivity contribution in [3.63, 3.8) is 0 Å². The van der Waals surface area contributed by atoms with E-state index in [0.717, 1.165) is 60.8 Å². The first-order chi connectivity index (χ1) is 42.2. The van der Waals surface area contributed by atoms with Gasteiger partial charge in [-0.3, -0.25) is 19.2 Å². The SMILES string of the molecule is CCCCCCCCCCCCCCC(CCCCCCCCCCCCCC)C(=O)N[C@H](CO[C@@H]1O[C@@H](C)[C@@H](OCc2ccccc2)[C@@H](OCc2ccccc2)[C@@H]1OCc1ccccc1)C(=O)N[C@@H](CCC(=O)OCc1ccccc1)C(=O)NC. The van der Waals surface area contributed by atoms with Gasteiger partial charge in [-0.05, 0) is 48.4 Å². The molecule has 0 aromatic heterocycles. The molecule has 0 unspecified atom stereocenters. The number of carbonyl (C=O) groups excluding carboxylic acids is 4. The molecule has 4 aromatic rings. The third-order valence-corrected chi connectivity index (χ3v) is 16.6. The molecule has 7 atom stereocenters. The van der Waals surface area contributed by atoms with Crippen molar-refractivity contribution in [3.8, 4) is 0 Å². The van der Waals surface area contributed by atoms with Gasteiger partial charge in [0.1, 0.15) is 37.0 Å². The summed E-state index contributed by atoms with van der Waals surface area (Å²) in [5.41, 5.74) is 3.71. The van der Waals surface area contributed by atoms with Gasteiger partial charge < -0.3 is 44.4 Å². The number of ether oxygens (including phenoxy) is 6. The molecular formula is C73H109N3O10. The first-order valence-corrected chi connectivity index (χ1v) is 33.4. The van der Waals surface area contributed by atoms with E-state index < -0.39 is 60.6 Å². The summed E-state index contributed by atoms with van der Waals surface area (Å²) < 4.78 is 39.5. The molecule has 0 spiro atoms. The minimum absolute atomic E-state index is 0.0371. The zero-order valence-corrected chi connectivity index (χ0v) is 53.1. The summed E-state index contributed by atoms with van der Waals surface area (Å²) in [6.45, 7) is 6.93. The van der Waals surface area contributed by atoms with E-state index in [1.165, 1.54) is 123 Å². The second kappa shape index (κ2) is 44.9. The summed E-state index contributed by atoms with van der Waals surface area (Å²) in [5, 5.41) is 8.70. The Hall–Kier alpha value is -5.44. The zero-order chi connectivity index (χ0) is 61.1. The first kappa shape index (κ1) is 71.3. The van der Waals surface area contributed by atoms with E-state index in [9.17, 15) is 19.2 Å². The normalized spacial score (nSPS) is 17.4. The van der Waals surface area contributed by atoms with Gasteiger partial charge in [-0.1, -0.05) is 289 Å². The topological polar surface area (TPSA) is 160 Å². The van der Waals surface area contributed by atoms with Crippen molar-refractivity contribution in [2.24, 2.45) is 5.92 Å². The van der Waals surface area contributed by atoms with E-state index in [4.69, 9.17) is 28.4 Å². The van der Waals surface area contributed by atoms with Crippen molar-refractivity contribution < 1.29 is 47.6 Å². The minimum atomic E-state index is -1.27. The van der Waals surface area contributed by atoms with Crippen LogP contribution in [-0.4, -0.2) is 80.1 Å². The molecule has 86 heavy (non-hydrogen) atoms. The average Bonchev–Trinajstić information content (AvgIpc) is 2.64. The number of rotatable bonds is 48. The number of hydrogen-bond acceptors (Lipinski definition) is 10. The standard InChI is InChI=1S/C73H109N3O10/c1-5-7-9-11-13-15-17-19-21-23-25-39-49-63(50-40-26-24-22-20-18-16-14-12-10-8-6-2)70(78)76-65(72(80)75-64(71(79)74-4)51-52-66(77)81-53-59-41-31-27-32-42-59)57-85-73-69(84-56-62-47-37-30-38-48-62)68(83-55-61-45-35-29-36-46-61)67(58(3)86-73)82-54-60-43-33-28-34-44-60/h27-38,41-48,58,63-65,67-69,73H,5-26,39-40,49-57H2,1-4H3,(H,74,79)(H,75,80)(H,76,78)/t58-,64-,65+,67+,68+,69-,73+/m0/s1. The Kier molecular flexibility index (Phi) is 37.2.